The van der Waals surface area contributed by atoms with E-state index in [4.69, 9.17) is 33.5 Å². The van der Waals surface area contributed by atoms with E-state index in [-0.39, 0.29) is 12.1 Å². The predicted molar refractivity (Wildman–Crippen MR) is 149 cm³/mol. The van der Waals surface area contributed by atoms with Crippen LogP contribution in [0.1, 0.15) is 46.7 Å². The summed E-state index contributed by atoms with van der Waals surface area (Å²) in [5.41, 5.74) is 7.10. The Bertz CT molecular complexity index is 1220. The Morgan fingerprint density at radius 3 is 2.58 bits per heavy atom. The van der Waals surface area contributed by atoms with E-state index in [2.05, 4.69) is 52.6 Å². The van der Waals surface area contributed by atoms with Gasteiger partial charge in [-0.25, -0.2) is 0 Å². The van der Waals surface area contributed by atoms with Crippen LogP contribution in [0.3, 0.4) is 0 Å². The summed E-state index contributed by atoms with van der Waals surface area (Å²) in [6.07, 6.45) is 2.90. The SMILES string of the molecule is Cc1c([C@@H]2[C@@H](c3ccccn3)NC(=S)N2CCCN2CCOCC2)c(C)n(-c2cccc(Cl)c2)c1C. The normalized spacial score (nSPS) is 20.7. The lowest BCUT2D eigenvalue weighted by Gasteiger charge is -2.31. The van der Waals surface area contributed by atoms with Crippen LogP contribution in [0.2, 0.25) is 5.02 Å². The smallest absolute Gasteiger partial charge is 0.170 e. The fraction of sp³-hybridized carbons (Fsp3) is 0.429. The molecule has 1 aromatic carbocycles. The third kappa shape index (κ3) is 4.90. The van der Waals surface area contributed by atoms with Gasteiger partial charge >= 0.3 is 0 Å². The van der Waals surface area contributed by atoms with Crippen LogP contribution >= 0.6 is 23.8 Å². The molecule has 2 saturated heterocycles. The third-order valence-corrected chi connectivity index (χ3v) is 8.13. The maximum atomic E-state index is 6.37. The van der Waals surface area contributed by atoms with Gasteiger partial charge in [-0.05, 0) is 75.3 Å². The van der Waals surface area contributed by atoms with Gasteiger partial charge in [0.1, 0.15) is 0 Å². The van der Waals surface area contributed by atoms with Crippen LogP contribution in [0, 0.1) is 20.8 Å². The molecule has 2 aliphatic heterocycles. The van der Waals surface area contributed by atoms with Gasteiger partial charge in [-0.2, -0.15) is 0 Å². The van der Waals surface area contributed by atoms with Gasteiger partial charge in [0.25, 0.3) is 0 Å². The molecule has 2 aliphatic rings. The molecule has 0 saturated carbocycles. The average molecular weight is 524 g/mol. The molecule has 4 heterocycles. The molecule has 190 valence electrons. The largest absolute Gasteiger partial charge is 0.379 e. The minimum absolute atomic E-state index is 0.0194. The summed E-state index contributed by atoms with van der Waals surface area (Å²) >= 11 is 12.3. The van der Waals surface area contributed by atoms with Crippen LogP contribution in [0.5, 0.6) is 0 Å². The Kier molecular flexibility index (Phi) is 7.62. The molecule has 5 rings (SSSR count). The maximum absolute atomic E-state index is 6.37. The molecule has 6 nitrogen and oxygen atoms in total. The fourth-order valence-corrected chi connectivity index (χ4v) is 6.21. The second-order valence-corrected chi connectivity index (χ2v) is 10.5. The number of halogens is 1. The zero-order valence-electron chi connectivity index (χ0n) is 21.2. The van der Waals surface area contributed by atoms with E-state index >= 15 is 0 Å². The van der Waals surface area contributed by atoms with Crippen molar-refractivity contribution in [3.05, 3.63) is 81.9 Å². The number of thiocarbonyl (C=S) groups is 1. The summed E-state index contributed by atoms with van der Waals surface area (Å²) in [6, 6.07) is 14.2. The molecule has 8 heteroatoms. The molecule has 2 fully saturated rings. The number of ether oxygens (including phenoxy) is 1. The Labute approximate surface area is 224 Å². The number of hydrogen-bond donors (Lipinski definition) is 1. The highest BCUT2D eigenvalue weighted by molar-refractivity contribution is 7.80. The van der Waals surface area contributed by atoms with E-state index in [1.807, 2.05) is 36.5 Å². The summed E-state index contributed by atoms with van der Waals surface area (Å²) in [5.74, 6) is 0. The zero-order valence-corrected chi connectivity index (χ0v) is 22.8. The molecule has 0 radical (unpaired) electrons. The van der Waals surface area contributed by atoms with E-state index in [9.17, 15) is 0 Å². The van der Waals surface area contributed by atoms with E-state index in [1.54, 1.807) is 0 Å². The number of nitrogens with zero attached hydrogens (tertiary/aromatic N) is 4. The molecule has 2 aromatic heterocycles. The van der Waals surface area contributed by atoms with Crippen molar-refractivity contribution >= 4 is 28.9 Å². The second-order valence-electron chi connectivity index (χ2n) is 9.65. The van der Waals surface area contributed by atoms with Crippen molar-refractivity contribution in [1.29, 1.82) is 0 Å². The maximum Gasteiger partial charge on any atom is 0.170 e. The average Bonchev–Trinajstić information content (AvgIpc) is 3.32. The van der Waals surface area contributed by atoms with Gasteiger partial charge in [-0.3, -0.25) is 9.88 Å². The summed E-state index contributed by atoms with van der Waals surface area (Å²) in [5, 5.41) is 5.15. The van der Waals surface area contributed by atoms with E-state index in [0.29, 0.717) is 0 Å². The summed E-state index contributed by atoms with van der Waals surface area (Å²) in [4.78, 5) is 9.59. The van der Waals surface area contributed by atoms with Crippen molar-refractivity contribution < 1.29 is 4.74 Å². The number of morpholine rings is 1. The highest BCUT2D eigenvalue weighted by atomic mass is 35.5. The molecule has 1 N–H and O–H groups in total. The monoisotopic (exact) mass is 523 g/mol. The lowest BCUT2D eigenvalue weighted by atomic mass is 9.93. The van der Waals surface area contributed by atoms with E-state index < -0.39 is 0 Å². The second kappa shape index (κ2) is 10.9. The van der Waals surface area contributed by atoms with Crippen LogP contribution < -0.4 is 5.32 Å². The van der Waals surface area contributed by atoms with Gasteiger partial charge in [0.2, 0.25) is 0 Å². The van der Waals surface area contributed by atoms with Crippen molar-refractivity contribution in [2.75, 3.05) is 39.4 Å². The lowest BCUT2D eigenvalue weighted by Crippen LogP contribution is -2.39. The predicted octanol–water partition coefficient (Wildman–Crippen LogP) is 5.15. The quantitative estimate of drug-likeness (QED) is 0.432. The van der Waals surface area contributed by atoms with Crippen LogP contribution in [0.4, 0.5) is 0 Å². The highest BCUT2D eigenvalue weighted by Gasteiger charge is 2.42. The fourth-order valence-electron chi connectivity index (χ4n) is 5.69. The molecule has 0 spiro atoms. The van der Waals surface area contributed by atoms with Gasteiger partial charge in [0, 0.05) is 60.0 Å². The molecule has 0 aliphatic carbocycles. The zero-order chi connectivity index (χ0) is 25.2. The Morgan fingerprint density at radius 2 is 1.86 bits per heavy atom. The van der Waals surface area contributed by atoms with Crippen LogP contribution in [-0.4, -0.2) is 63.9 Å². The topological polar surface area (TPSA) is 45.6 Å². The minimum Gasteiger partial charge on any atom is -0.379 e. The first kappa shape index (κ1) is 25.2. The van der Waals surface area contributed by atoms with Crippen molar-refractivity contribution in [2.24, 2.45) is 0 Å². The Hall–Kier alpha value is -2.45. The van der Waals surface area contributed by atoms with Gasteiger partial charge < -0.3 is 19.5 Å². The molecule has 0 unspecified atom stereocenters. The summed E-state index contributed by atoms with van der Waals surface area (Å²) < 4.78 is 7.84. The molecular weight excluding hydrogens is 490 g/mol. The number of rotatable bonds is 7. The molecule has 2 atom stereocenters. The first-order valence-electron chi connectivity index (χ1n) is 12.7. The number of hydrogen-bond acceptors (Lipinski definition) is 4. The molecule has 0 amide bonds. The molecule has 0 bridgehead atoms. The number of pyridine rings is 1. The summed E-state index contributed by atoms with van der Waals surface area (Å²) in [6.45, 7) is 12.2. The highest BCUT2D eigenvalue weighted by Crippen LogP contribution is 2.43. The van der Waals surface area contributed by atoms with Crippen molar-refractivity contribution in [3.8, 4) is 5.69 Å². The Balaban J connectivity index is 1.52. The first-order chi connectivity index (χ1) is 17.5. The molecule has 3 aromatic rings. The lowest BCUT2D eigenvalue weighted by molar-refractivity contribution is 0.0365. The number of aromatic nitrogens is 2. The Morgan fingerprint density at radius 1 is 1.06 bits per heavy atom. The number of benzene rings is 1. The van der Waals surface area contributed by atoms with Crippen LogP contribution in [0.15, 0.2) is 48.7 Å². The third-order valence-electron chi connectivity index (χ3n) is 7.54. The van der Waals surface area contributed by atoms with Crippen LogP contribution in [-0.2, 0) is 4.74 Å². The van der Waals surface area contributed by atoms with Crippen molar-refractivity contribution in [3.63, 3.8) is 0 Å². The van der Waals surface area contributed by atoms with Gasteiger partial charge in [0.05, 0.1) is 31.0 Å². The summed E-state index contributed by atoms with van der Waals surface area (Å²) in [7, 11) is 0. The van der Waals surface area contributed by atoms with Gasteiger partial charge in [-0.15, -0.1) is 0 Å². The minimum atomic E-state index is -0.0194. The number of nitrogens with one attached hydrogen (secondary N) is 1. The molecule has 36 heavy (non-hydrogen) atoms. The van der Waals surface area contributed by atoms with Gasteiger partial charge in [-0.1, -0.05) is 23.7 Å². The van der Waals surface area contributed by atoms with E-state index in [1.165, 1.54) is 22.5 Å². The van der Waals surface area contributed by atoms with E-state index in [0.717, 1.165) is 67.3 Å². The molecular formula is C28H34ClN5OS. The van der Waals surface area contributed by atoms with Crippen molar-refractivity contribution in [1.82, 2.24) is 24.7 Å². The van der Waals surface area contributed by atoms with Crippen molar-refractivity contribution in [2.45, 2.75) is 39.3 Å². The van der Waals surface area contributed by atoms with Crippen LogP contribution in [0.25, 0.3) is 5.69 Å². The first-order valence-corrected chi connectivity index (χ1v) is 13.5. The standard InChI is InChI=1S/C28H34ClN5OS/c1-19-20(2)34(23-9-6-8-22(29)18-23)21(3)25(19)27-26(24-10-4-5-11-30-24)31-28(36)33(27)13-7-12-32-14-16-35-17-15-32/h4-6,8-11,18,26-27H,7,12-17H2,1-3H3,(H,31,36)/t26-,27-/m1/s1. The van der Waals surface area contributed by atoms with Gasteiger partial charge in [0.15, 0.2) is 5.11 Å².